The Bertz CT molecular complexity index is 1060. The normalized spacial score (nSPS) is 10.8. The molecule has 7 nitrogen and oxygen atoms in total. The SMILES string of the molecule is COC(=O)c1c(CC(=O)Nc2nc3c(C)cccc3s2)[nH]c(C(C)=O)c1C. The molecule has 1 amide bonds. The van der Waals surface area contributed by atoms with E-state index in [9.17, 15) is 14.4 Å². The summed E-state index contributed by atoms with van der Waals surface area (Å²) in [5.41, 5.74) is 3.23. The zero-order valence-electron chi connectivity index (χ0n) is 15.4. The fraction of sp³-hybridized carbons (Fsp3) is 0.263. The number of H-pyrrole nitrogens is 1. The molecule has 0 bridgehead atoms. The Kier molecular flexibility index (Phi) is 5.09. The topological polar surface area (TPSA) is 101 Å². The standard InChI is InChI=1S/C19H19N3O4S/c1-9-6-5-7-13-16(9)22-19(27-13)21-14(24)8-12-15(18(25)26-4)10(2)17(20-12)11(3)23/h5-7,20H,8H2,1-4H3,(H,21,22,24). The molecule has 140 valence electrons. The average Bonchev–Trinajstić information content (AvgIpc) is 3.16. The number of hydrogen-bond acceptors (Lipinski definition) is 6. The number of aromatic nitrogens is 2. The maximum absolute atomic E-state index is 12.5. The van der Waals surface area contributed by atoms with Gasteiger partial charge in [-0.15, -0.1) is 0 Å². The number of nitrogens with zero attached hydrogens (tertiary/aromatic N) is 1. The number of Topliss-reactive ketones (excluding diaryl/α,β-unsaturated/α-hetero) is 1. The number of aryl methyl sites for hydroxylation is 1. The zero-order valence-corrected chi connectivity index (χ0v) is 16.2. The molecule has 8 heteroatoms. The van der Waals surface area contributed by atoms with Gasteiger partial charge < -0.3 is 15.0 Å². The molecule has 0 aliphatic heterocycles. The summed E-state index contributed by atoms with van der Waals surface area (Å²) in [4.78, 5) is 43.7. The number of anilines is 1. The molecule has 3 aromatic rings. The number of carbonyl (C=O) groups is 3. The molecule has 3 rings (SSSR count). The maximum Gasteiger partial charge on any atom is 0.339 e. The molecule has 27 heavy (non-hydrogen) atoms. The highest BCUT2D eigenvalue weighted by Crippen LogP contribution is 2.28. The van der Waals surface area contributed by atoms with Gasteiger partial charge in [-0.05, 0) is 31.0 Å². The van der Waals surface area contributed by atoms with Crippen LogP contribution in [0.25, 0.3) is 10.2 Å². The lowest BCUT2D eigenvalue weighted by molar-refractivity contribution is -0.115. The number of carbonyl (C=O) groups excluding carboxylic acids is 3. The number of thiazole rings is 1. The molecule has 0 unspecified atom stereocenters. The quantitative estimate of drug-likeness (QED) is 0.518. The number of ketones is 1. The summed E-state index contributed by atoms with van der Waals surface area (Å²) in [5.74, 6) is -1.14. The molecule has 2 N–H and O–H groups in total. The molecule has 0 saturated heterocycles. The van der Waals surface area contributed by atoms with Crippen molar-refractivity contribution >= 4 is 44.3 Å². The number of ether oxygens (including phenoxy) is 1. The van der Waals surface area contributed by atoms with E-state index in [0.29, 0.717) is 22.1 Å². The van der Waals surface area contributed by atoms with Crippen molar-refractivity contribution in [3.05, 3.63) is 46.3 Å². The highest BCUT2D eigenvalue weighted by molar-refractivity contribution is 7.22. The molecule has 0 aliphatic rings. The van der Waals surface area contributed by atoms with Crippen LogP contribution in [0.1, 0.15) is 44.6 Å². The van der Waals surface area contributed by atoms with E-state index in [1.807, 2.05) is 25.1 Å². The minimum Gasteiger partial charge on any atom is -0.465 e. The minimum absolute atomic E-state index is 0.104. The number of para-hydroxylation sites is 1. The van der Waals surface area contributed by atoms with Gasteiger partial charge in [-0.2, -0.15) is 0 Å². The van der Waals surface area contributed by atoms with E-state index >= 15 is 0 Å². The summed E-state index contributed by atoms with van der Waals surface area (Å²) in [5, 5.41) is 3.25. The lowest BCUT2D eigenvalue weighted by Gasteiger charge is -2.04. The molecule has 0 aliphatic carbocycles. The molecular weight excluding hydrogens is 366 g/mol. The number of fused-ring (bicyclic) bond motifs is 1. The van der Waals surface area contributed by atoms with Crippen LogP contribution in [0.4, 0.5) is 5.13 Å². The number of amides is 1. The van der Waals surface area contributed by atoms with Crippen molar-refractivity contribution in [3.63, 3.8) is 0 Å². The number of methoxy groups -OCH3 is 1. The van der Waals surface area contributed by atoms with Crippen molar-refractivity contribution in [3.8, 4) is 0 Å². The van der Waals surface area contributed by atoms with Crippen LogP contribution in [-0.4, -0.2) is 34.7 Å². The highest BCUT2D eigenvalue weighted by Gasteiger charge is 2.24. The Morgan fingerprint density at radius 2 is 2.00 bits per heavy atom. The van der Waals surface area contributed by atoms with Crippen LogP contribution in [0.5, 0.6) is 0 Å². The third kappa shape index (κ3) is 3.61. The van der Waals surface area contributed by atoms with Gasteiger partial charge in [0.2, 0.25) is 5.91 Å². The maximum atomic E-state index is 12.5. The predicted octanol–water partition coefficient (Wildman–Crippen LogP) is 3.41. The summed E-state index contributed by atoms with van der Waals surface area (Å²) < 4.78 is 5.77. The number of benzene rings is 1. The summed E-state index contributed by atoms with van der Waals surface area (Å²) in [6.07, 6.45) is -0.104. The highest BCUT2D eigenvalue weighted by atomic mass is 32.1. The van der Waals surface area contributed by atoms with E-state index in [1.165, 1.54) is 25.4 Å². The second-order valence-corrected chi connectivity index (χ2v) is 7.22. The Balaban J connectivity index is 1.86. The first-order chi connectivity index (χ1) is 12.8. The first kappa shape index (κ1) is 18.8. The summed E-state index contributed by atoms with van der Waals surface area (Å²) in [6, 6.07) is 5.84. The second-order valence-electron chi connectivity index (χ2n) is 6.19. The van der Waals surface area contributed by atoms with Crippen molar-refractivity contribution in [1.29, 1.82) is 0 Å². The molecule has 0 spiro atoms. The molecule has 0 fully saturated rings. The first-order valence-electron chi connectivity index (χ1n) is 8.28. The molecule has 1 aromatic carbocycles. The Morgan fingerprint density at radius 1 is 1.26 bits per heavy atom. The van der Waals surface area contributed by atoms with Gasteiger partial charge in [-0.3, -0.25) is 9.59 Å². The summed E-state index contributed by atoms with van der Waals surface area (Å²) >= 11 is 1.38. The third-order valence-electron chi connectivity index (χ3n) is 4.27. The van der Waals surface area contributed by atoms with Crippen LogP contribution < -0.4 is 5.32 Å². The van der Waals surface area contributed by atoms with Gasteiger partial charge in [0, 0.05) is 12.6 Å². The smallest absolute Gasteiger partial charge is 0.339 e. The predicted molar refractivity (Wildman–Crippen MR) is 104 cm³/mol. The third-order valence-corrected chi connectivity index (χ3v) is 5.21. The molecule has 0 atom stereocenters. The number of esters is 1. The van der Waals surface area contributed by atoms with E-state index in [-0.39, 0.29) is 23.7 Å². The second kappa shape index (κ2) is 7.32. The van der Waals surface area contributed by atoms with Gasteiger partial charge in [0.15, 0.2) is 10.9 Å². The lowest BCUT2D eigenvalue weighted by Crippen LogP contribution is -2.17. The minimum atomic E-state index is -0.588. The van der Waals surface area contributed by atoms with Gasteiger partial charge >= 0.3 is 5.97 Å². The lowest BCUT2D eigenvalue weighted by atomic mass is 10.1. The van der Waals surface area contributed by atoms with Gasteiger partial charge in [-0.25, -0.2) is 9.78 Å². The number of hydrogen-bond donors (Lipinski definition) is 2. The van der Waals surface area contributed by atoms with Crippen molar-refractivity contribution < 1.29 is 19.1 Å². The largest absolute Gasteiger partial charge is 0.465 e. The Labute approximate surface area is 159 Å². The summed E-state index contributed by atoms with van der Waals surface area (Å²) in [6.45, 7) is 5.01. The molecule has 2 heterocycles. The molecule has 0 saturated carbocycles. The first-order valence-corrected chi connectivity index (χ1v) is 9.10. The van der Waals surface area contributed by atoms with E-state index in [0.717, 1.165) is 15.8 Å². The van der Waals surface area contributed by atoms with Crippen LogP contribution in [0.2, 0.25) is 0 Å². The van der Waals surface area contributed by atoms with E-state index in [2.05, 4.69) is 15.3 Å². The van der Waals surface area contributed by atoms with Crippen molar-refractivity contribution in [2.75, 3.05) is 12.4 Å². The molecular formula is C19H19N3O4S. The van der Waals surface area contributed by atoms with Gasteiger partial charge in [-0.1, -0.05) is 23.5 Å². The Hall–Kier alpha value is -3.00. The van der Waals surface area contributed by atoms with Gasteiger partial charge in [0.25, 0.3) is 0 Å². The van der Waals surface area contributed by atoms with Crippen molar-refractivity contribution in [2.45, 2.75) is 27.2 Å². The van der Waals surface area contributed by atoms with Crippen molar-refractivity contribution in [1.82, 2.24) is 9.97 Å². The van der Waals surface area contributed by atoms with Gasteiger partial charge in [0.1, 0.15) is 0 Å². The number of rotatable bonds is 5. The fourth-order valence-corrected chi connectivity index (χ4v) is 3.95. The number of aromatic amines is 1. The van der Waals surface area contributed by atoms with E-state index in [1.54, 1.807) is 6.92 Å². The monoisotopic (exact) mass is 385 g/mol. The van der Waals surface area contributed by atoms with Crippen LogP contribution in [0.3, 0.4) is 0 Å². The van der Waals surface area contributed by atoms with Crippen LogP contribution >= 0.6 is 11.3 Å². The van der Waals surface area contributed by atoms with E-state index < -0.39 is 5.97 Å². The van der Waals surface area contributed by atoms with Gasteiger partial charge in [0.05, 0.1) is 35.0 Å². The number of nitrogens with one attached hydrogen (secondary N) is 2. The summed E-state index contributed by atoms with van der Waals surface area (Å²) in [7, 11) is 1.26. The van der Waals surface area contributed by atoms with Crippen LogP contribution in [0.15, 0.2) is 18.2 Å². The van der Waals surface area contributed by atoms with Crippen LogP contribution in [-0.2, 0) is 16.0 Å². The average molecular weight is 385 g/mol. The molecule has 0 radical (unpaired) electrons. The van der Waals surface area contributed by atoms with E-state index in [4.69, 9.17) is 4.74 Å². The fourth-order valence-electron chi connectivity index (χ4n) is 2.99. The zero-order chi connectivity index (χ0) is 19.7. The molecule has 2 aromatic heterocycles. The van der Waals surface area contributed by atoms with Crippen LogP contribution in [0, 0.1) is 13.8 Å². The Morgan fingerprint density at radius 3 is 2.63 bits per heavy atom. The van der Waals surface area contributed by atoms with Crippen molar-refractivity contribution in [2.24, 2.45) is 0 Å².